The molecule has 0 atom stereocenters. The summed E-state index contributed by atoms with van der Waals surface area (Å²) in [5.41, 5.74) is 4.34. The SMILES string of the molecule is COc1ccc(CNC(=O)/C=C/c2ccc(C)cc2C)cn1. The molecule has 114 valence electrons. The van der Waals surface area contributed by atoms with Crippen molar-refractivity contribution < 1.29 is 9.53 Å². The zero-order valence-electron chi connectivity index (χ0n) is 13.1. The molecule has 0 aliphatic carbocycles. The number of carbonyl (C=O) groups is 1. The molecule has 0 radical (unpaired) electrons. The number of hydrogen-bond acceptors (Lipinski definition) is 3. The van der Waals surface area contributed by atoms with Crippen LogP contribution in [0.15, 0.2) is 42.6 Å². The Labute approximate surface area is 130 Å². The summed E-state index contributed by atoms with van der Waals surface area (Å²) in [4.78, 5) is 15.9. The highest BCUT2D eigenvalue weighted by Gasteiger charge is 2.00. The van der Waals surface area contributed by atoms with Crippen LogP contribution >= 0.6 is 0 Å². The van der Waals surface area contributed by atoms with Crippen molar-refractivity contribution >= 4 is 12.0 Å². The molecule has 1 N–H and O–H groups in total. The van der Waals surface area contributed by atoms with E-state index in [1.807, 2.05) is 31.2 Å². The fourth-order valence-electron chi connectivity index (χ4n) is 2.06. The highest BCUT2D eigenvalue weighted by atomic mass is 16.5. The summed E-state index contributed by atoms with van der Waals surface area (Å²) in [6, 6.07) is 9.79. The molecule has 1 amide bonds. The summed E-state index contributed by atoms with van der Waals surface area (Å²) >= 11 is 0. The molecule has 0 saturated carbocycles. The first-order valence-corrected chi connectivity index (χ1v) is 7.10. The predicted molar refractivity (Wildman–Crippen MR) is 87.6 cm³/mol. The average Bonchev–Trinajstić information content (AvgIpc) is 2.52. The number of ether oxygens (including phenoxy) is 1. The molecule has 1 aromatic heterocycles. The molecule has 0 bridgehead atoms. The molecule has 0 fully saturated rings. The summed E-state index contributed by atoms with van der Waals surface area (Å²) in [5, 5.41) is 2.83. The van der Waals surface area contributed by atoms with E-state index in [-0.39, 0.29) is 5.91 Å². The maximum absolute atomic E-state index is 11.8. The third kappa shape index (κ3) is 4.45. The zero-order valence-corrected chi connectivity index (χ0v) is 13.1. The Hall–Kier alpha value is -2.62. The topological polar surface area (TPSA) is 51.2 Å². The Balaban J connectivity index is 1.90. The molecule has 1 aromatic carbocycles. The van der Waals surface area contributed by atoms with Gasteiger partial charge in [0.1, 0.15) is 0 Å². The number of aromatic nitrogens is 1. The van der Waals surface area contributed by atoms with Crippen LogP contribution in [0.1, 0.15) is 22.3 Å². The predicted octanol–water partition coefficient (Wildman–Crippen LogP) is 3.04. The lowest BCUT2D eigenvalue weighted by Crippen LogP contribution is -2.20. The van der Waals surface area contributed by atoms with Crippen molar-refractivity contribution in [1.82, 2.24) is 10.3 Å². The Bertz CT molecular complexity index is 676. The van der Waals surface area contributed by atoms with Gasteiger partial charge in [-0.2, -0.15) is 0 Å². The van der Waals surface area contributed by atoms with Gasteiger partial charge in [0, 0.05) is 24.9 Å². The van der Waals surface area contributed by atoms with Gasteiger partial charge in [-0.25, -0.2) is 4.98 Å². The molecule has 4 heteroatoms. The quantitative estimate of drug-likeness (QED) is 0.863. The molecule has 22 heavy (non-hydrogen) atoms. The van der Waals surface area contributed by atoms with Crippen LogP contribution in [0.5, 0.6) is 5.88 Å². The molecule has 0 unspecified atom stereocenters. The van der Waals surface area contributed by atoms with Crippen molar-refractivity contribution in [1.29, 1.82) is 0 Å². The third-order valence-corrected chi connectivity index (χ3v) is 3.31. The normalized spacial score (nSPS) is 10.7. The van der Waals surface area contributed by atoms with Crippen molar-refractivity contribution in [2.45, 2.75) is 20.4 Å². The van der Waals surface area contributed by atoms with Crippen LogP contribution in [-0.4, -0.2) is 18.0 Å². The summed E-state index contributed by atoms with van der Waals surface area (Å²) in [7, 11) is 1.57. The van der Waals surface area contributed by atoms with Crippen molar-refractivity contribution in [3.8, 4) is 5.88 Å². The van der Waals surface area contributed by atoms with Crippen LogP contribution in [0.25, 0.3) is 6.08 Å². The number of aryl methyl sites for hydroxylation is 2. The van der Waals surface area contributed by atoms with E-state index in [1.165, 1.54) is 5.56 Å². The lowest BCUT2D eigenvalue weighted by molar-refractivity contribution is -0.116. The van der Waals surface area contributed by atoms with Gasteiger partial charge in [0.2, 0.25) is 11.8 Å². The minimum absolute atomic E-state index is 0.129. The summed E-state index contributed by atoms with van der Waals surface area (Å²) in [5.74, 6) is 0.431. The van der Waals surface area contributed by atoms with Gasteiger partial charge in [0.25, 0.3) is 0 Å². The molecule has 2 aromatic rings. The van der Waals surface area contributed by atoms with Gasteiger partial charge < -0.3 is 10.1 Å². The van der Waals surface area contributed by atoms with Gasteiger partial charge >= 0.3 is 0 Å². The molecule has 0 aliphatic heterocycles. The Morgan fingerprint density at radius 1 is 1.27 bits per heavy atom. The van der Waals surface area contributed by atoms with Crippen LogP contribution in [0.3, 0.4) is 0 Å². The first kappa shape index (κ1) is 15.8. The number of pyridine rings is 1. The smallest absolute Gasteiger partial charge is 0.244 e. The van der Waals surface area contributed by atoms with E-state index in [9.17, 15) is 4.79 Å². The van der Waals surface area contributed by atoms with E-state index >= 15 is 0 Å². The Morgan fingerprint density at radius 3 is 2.73 bits per heavy atom. The van der Waals surface area contributed by atoms with Gasteiger partial charge in [-0.05, 0) is 36.6 Å². The number of amides is 1. The number of methoxy groups -OCH3 is 1. The van der Waals surface area contributed by atoms with Crippen molar-refractivity contribution in [3.05, 3.63) is 64.9 Å². The van der Waals surface area contributed by atoms with E-state index in [0.717, 1.165) is 16.7 Å². The maximum Gasteiger partial charge on any atom is 0.244 e. The molecule has 1 heterocycles. The van der Waals surface area contributed by atoms with Crippen molar-refractivity contribution in [3.63, 3.8) is 0 Å². The molecule has 0 aliphatic rings. The summed E-state index contributed by atoms with van der Waals surface area (Å²) in [6.07, 6.45) is 5.07. The van der Waals surface area contributed by atoms with Gasteiger partial charge in [-0.15, -0.1) is 0 Å². The van der Waals surface area contributed by atoms with Crippen LogP contribution < -0.4 is 10.1 Å². The maximum atomic E-state index is 11.8. The first-order chi connectivity index (χ1) is 10.6. The number of carbonyl (C=O) groups excluding carboxylic acids is 1. The fourth-order valence-corrected chi connectivity index (χ4v) is 2.06. The van der Waals surface area contributed by atoms with Crippen LogP contribution in [-0.2, 0) is 11.3 Å². The molecular formula is C18H20N2O2. The van der Waals surface area contributed by atoms with Gasteiger partial charge in [0.05, 0.1) is 7.11 Å². The highest BCUT2D eigenvalue weighted by Crippen LogP contribution is 2.12. The minimum atomic E-state index is -0.129. The van der Waals surface area contributed by atoms with Gasteiger partial charge in [-0.3, -0.25) is 4.79 Å². The second-order valence-electron chi connectivity index (χ2n) is 5.12. The highest BCUT2D eigenvalue weighted by molar-refractivity contribution is 5.91. The number of nitrogens with zero attached hydrogens (tertiary/aromatic N) is 1. The molecule has 0 saturated heterocycles. The lowest BCUT2D eigenvalue weighted by atomic mass is 10.1. The lowest BCUT2D eigenvalue weighted by Gasteiger charge is -2.04. The molecular weight excluding hydrogens is 276 g/mol. The molecule has 0 spiro atoms. The molecule has 4 nitrogen and oxygen atoms in total. The largest absolute Gasteiger partial charge is 0.481 e. The van der Waals surface area contributed by atoms with E-state index in [1.54, 1.807) is 25.4 Å². The second kappa shape index (κ2) is 7.41. The number of rotatable bonds is 5. The number of hydrogen-bond donors (Lipinski definition) is 1. The van der Waals surface area contributed by atoms with Gasteiger partial charge in [0.15, 0.2) is 0 Å². The zero-order chi connectivity index (χ0) is 15.9. The van der Waals surface area contributed by atoms with E-state index in [0.29, 0.717) is 12.4 Å². The van der Waals surface area contributed by atoms with Crippen LogP contribution in [0.4, 0.5) is 0 Å². The third-order valence-electron chi connectivity index (χ3n) is 3.31. The van der Waals surface area contributed by atoms with Crippen molar-refractivity contribution in [2.24, 2.45) is 0 Å². The fraction of sp³-hybridized carbons (Fsp3) is 0.222. The number of benzene rings is 1. The van der Waals surface area contributed by atoms with E-state index < -0.39 is 0 Å². The Kier molecular flexibility index (Phi) is 5.31. The Morgan fingerprint density at radius 2 is 2.09 bits per heavy atom. The minimum Gasteiger partial charge on any atom is -0.481 e. The summed E-state index contributed by atoms with van der Waals surface area (Å²) < 4.78 is 4.99. The second-order valence-corrected chi connectivity index (χ2v) is 5.12. The van der Waals surface area contributed by atoms with Crippen LogP contribution in [0.2, 0.25) is 0 Å². The monoisotopic (exact) mass is 296 g/mol. The number of nitrogens with one attached hydrogen (secondary N) is 1. The van der Waals surface area contributed by atoms with E-state index in [4.69, 9.17) is 4.74 Å². The first-order valence-electron chi connectivity index (χ1n) is 7.10. The average molecular weight is 296 g/mol. The summed E-state index contributed by atoms with van der Waals surface area (Å²) in [6.45, 7) is 4.52. The van der Waals surface area contributed by atoms with Crippen LogP contribution in [0, 0.1) is 13.8 Å². The van der Waals surface area contributed by atoms with Gasteiger partial charge in [-0.1, -0.05) is 29.8 Å². The van der Waals surface area contributed by atoms with Crippen molar-refractivity contribution in [2.75, 3.05) is 7.11 Å². The molecule has 2 rings (SSSR count). The van der Waals surface area contributed by atoms with E-state index in [2.05, 4.69) is 23.3 Å². The standard InChI is InChI=1S/C18H20N2O2/c1-13-4-6-16(14(2)10-13)7-8-17(21)19-11-15-5-9-18(22-3)20-12-15/h4-10,12H,11H2,1-3H3,(H,19,21)/b8-7+.